The number of ether oxygens (including phenoxy) is 2. The maximum Gasteiger partial charge on any atom is 0.248 e. The number of allylic oxidation sites excluding steroid dienone is 4. The van der Waals surface area contributed by atoms with Crippen molar-refractivity contribution in [3.05, 3.63) is 108 Å². The Morgan fingerprint density at radius 2 is 1.96 bits per heavy atom. The summed E-state index contributed by atoms with van der Waals surface area (Å²) in [4.78, 5) is 19.9. The van der Waals surface area contributed by atoms with Crippen molar-refractivity contribution >= 4 is 35.0 Å². The lowest BCUT2D eigenvalue weighted by Gasteiger charge is -2.33. The zero-order chi connectivity index (χ0) is 37.2. The van der Waals surface area contributed by atoms with Gasteiger partial charge < -0.3 is 19.7 Å². The fourth-order valence-corrected chi connectivity index (χ4v) is 6.76. The molecule has 6 rings (SSSR count). The van der Waals surface area contributed by atoms with Gasteiger partial charge in [0.1, 0.15) is 23.9 Å². The zero-order valence-electron chi connectivity index (χ0n) is 32.0. The van der Waals surface area contributed by atoms with Crippen LogP contribution in [0.5, 0.6) is 11.5 Å². The SMILES string of the molecule is C=C1C=C(Oc2ccc(NC(=N/C=C/CC)c3c(C)ccc4c3OCC3=[N+]4CCN(C(=O)/C=C/C4CC(CC)C4)C3)cc2C)C=CN1/N=C\C.CC. The number of carbonyl (C=O) groups is 1. The molecule has 274 valence electrons. The molecule has 1 fully saturated rings. The van der Waals surface area contributed by atoms with Crippen LogP contribution in [0.25, 0.3) is 0 Å². The van der Waals surface area contributed by atoms with Crippen LogP contribution in [0.3, 0.4) is 0 Å². The molecule has 0 aromatic heterocycles. The van der Waals surface area contributed by atoms with Crippen molar-refractivity contribution in [2.75, 3.05) is 31.6 Å². The Kier molecular flexibility index (Phi) is 13.1. The number of amides is 1. The normalized spacial score (nSPS) is 19.9. The largest absolute Gasteiger partial charge is 0.475 e. The Morgan fingerprint density at radius 3 is 2.67 bits per heavy atom. The molecule has 52 heavy (non-hydrogen) atoms. The van der Waals surface area contributed by atoms with Crippen LogP contribution in [0, 0.1) is 25.7 Å². The van der Waals surface area contributed by atoms with Crippen molar-refractivity contribution < 1.29 is 18.8 Å². The van der Waals surface area contributed by atoms with Crippen LogP contribution in [-0.2, 0) is 4.79 Å². The summed E-state index contributed by atoms with van der Waals surface area (Å²) in [7, 11) is 0. The highest BCUT2D eigenvalue weighted by Crippen LogP contribution is 2.39. The van der Waals surface area contributed by atoms with Crippen molar-refractivity contribution in [2.24, 2.45) is 21.9 Å². The van der Waals surface area contributed by atoms with Crippen LogP contribution >= 0.6 is 0 Å². The van der Waals surface area contributed by atoms with Gasteiger partial charge in [0, 0.05) is 36.4 Å². The number of hydrazone groups is 1. The molecule has 3 heterocycles. The molecule has 1 N–H and O–H groups in total. The van der Waals surface area contributed by atoms with Gasteiger partial charge in [-0.25, -0.2) is 10.0 Å². The predicted molar refractivity (Wildman–Crippen MR) is 214 cm³/mol. The number of anilines is 1. The number of carbonyl (C=O) groups excluding carboxylic acids is 1. The van der Waals surface area contributed by atoms with Crippen molar-refractivity contribution in [3.63, 3.8) is 0 Å². The van der Waals surface area contributed by atoms with Crippen LogP contribution < -0.4 is 14.8 Å². The van der Waals surface area contributed by atoms with Crippen LogP contribution in [-0.4, -0.2) is 64.4 Å². The molecule has 1 amide bonds. The first kappa shape index (κ1) is 38.1. The van der Waals surface area contributed by atoms with Crippen molar-refractivity contribution in [1.82, 2.24) is 9.91 Å². The summed E-state index contributed by atoms with van der Waals surface area (Å²) < 4.78 is 15.1. The maximum absolute atomic E-state index is 13.1. The lowest BCUT2D eigenvalue weighted by atomic mass is 9.73. The first-order valence-corrected chi connectivity index (χ1v) is 18.8. The predicted octanol–water partition coefficient (Wildman–Crippen LogP) is 9.04. The quantitative estimate of drug-likeness (QED) is 0.116. The van der Waals surface area contributed by atoms with Gasteiger partial charge in [0.15, 0.2) is 13.2 Å². The molecule has 9 nitrogen and oxygen atoms in total. The fraction of sp³-hybridized carbons (Fsp3) is 0.395. The molecule has 9 heteroatoms. The molecular weight excluding hydrogens is 649 g/mol. The minimum Gasteiger partial charge on any atom is -0.475 e. The van der Waals surface area contributed by atoms with E-state index in [9.17, 15) is 4.79 Å². The highest BCUT2D eigenvalue weighted by Gasteiger charge is 2.37. The molecule has 3 aliphatic heterocycles. The highest BCUT2D eigenvalue weighted by molar-refractivity contribution is 6.12. The van der Waals surface area contributed by atoms with E-state index in [0.29, 0.717) is 43.8 Å². The zero-order valence-corrected chi connectivity index (χ0v) is 32.0. The van der Waals surface area contributed by atoms with Gasteiger partial charge in [0.05, 0.1) is 17.8 Å². The van der Waals surface area contributed by atoms with Crippen LogP contribution in [0.4, 0.5) is 11.4 Å². The number of rotatable bonds is 10. The van der Waals surface area contributed by atoms with Gasteiger partial charge in [0.2, 0.25) is 23.1 Å². The van der Waals surface area contributed by atoms with Crippen LogP contribution in [0.15, 0.2) is 101 Å². The molecule has 0 atom stereocenters. The number of nitrogens with one attached hydrogen (secondary N) is 1. The maximum atomic E-state index is 13.1. The van der Waals surface area contributed by atoms with E-state index < -0.39 is 0 Å². The first-order chi connectivity index (χ1) is 25.3. The molecule has 4 aliphatic rings. The van der Waals surface area contributed by atoms with Crippen molar-refractivity contribution in [1.29, 1.82) is 0 Å². The Balaban J connectivity index is 0.00000257. The number of aryl methyl sites for hydroxylation is 2. The minimum absolute atomic E-state index is 0.0891. The second-order valence-electron chi connectivity index (χ2n) is 13.3. The Bertz CT molecular complexity index is 1860. The molecule has 2 aromatic carbocycles. The summed E-state index contributed by atoms with van der Waals surface area (Å²) >= 11 is 0. The van der Waals surface area contributed by atoms with Gasteiger partial charge in [-0.15, -0.1) is 0 Å². The third-order valence-electron chi connectivity index (χ3n) is 9.71. The van der Waals surface area contributed by atoms with Crippen LogP contribution in [0.1, 0.15) is 77.0 Å². The topological polar surface area (TPSA) is 81.8 Å². The molecular formula is C43H55N6O3+. The smallest absolute Gasteiger partial charge is 0.248 e. The van der Waals surface area contributed by atoms with Gasteiger partial charge in [-0.1, -0.05) is 58.9 Å². The van der Waals surface area contributed by atoms with E-state index in [0.717, 1.165) is 63.3 Å². The van der Waals surface area contributed by atoms with Gasteiger partial charge >= 0.3 is 0 Å². The third-order valence-corrected chi connectivity index (χ3v) is 9.71. The minimum atomic E-state index is 0.0891. The number of amidine groups is 1. The molecule has 2 aromatic rings. The Hall–Kier alpha value is -5.18. The Morgan fingerprint density at radius 1 is 1.15 bits per heavy atom. The summed E-state index contributed by atoms with van der Waals surface area (Å²) in [5.41, 5.74) is 6.64. The number of fused-ring (bicyclic) bond motifs is 2. The summed E-state index contributed by atoms with van der Waals surface area (Å²) in [6, 6.07) is 10.3. The second-order valence-corrected chi connectivity index (χ2v) is 13.3. The molecule has 0 spiro atoms. The summed E-state index contributed by atoms with van der Waals surface area (Å²) in [6.45, 7) is 20.7. The van der Waals surface area contributed by atoms with E-state index in [1.807, 2.05) is 75.4 Å². The van der Waals surface area contributed by atoms with Gasteiger partial charge in [0.25, 0.3) is 0 Å². The fourth-order valence-electron chi connectivity index (χ4n) is 6.76. The number of benzene rings is 2. The molecule has 1 saturated carbocycles. The third kappa shape index (κ3) is 8.81. The number of nitrogens with zero attached hydrogens (tertiary/aromatic N) is 5. The number of aliphatic imine (C=N–C) groups is 1. The molecule has 0 saturated heterocycles. The van der Waals surface area contributed by atoms with Crippen molar-refractivity contribution in [2.45, 2.75) is 74.1 Å². The van der Waals surface area contributed by atoms with Gasteiger partial charge in [-0.05, 0) is 93.3 Å². The van der Waals surface area contributed by atoms with Gasteiger partial charge in [-0.2, -0.15) is 9.68 Å². The van der Waals surface area contributed by atoms with Gasteiger partial charge in [-0.3, -0.25) is 4.79 Å². The van der Waals surface area contributed by atoms with E-state index in [2.05, 4.69) is 66.6 Å². The summed E-state index contributed by atoms with van der Waals surface area (Å²) in [6.07, 6.45) is 19.6. The summed E-state index contributed by atoms with van der Waals surface area (Å²) in [5.74, 6) is 4.39. The lowest BCUT2D eigenvalue weighted by Crippen LogP contribution is -2.49. The first-order valence-electron chi connectivity index (χ1n) is 18.8. The monoisotopic (exact) mass is 703 g/mol. The summed E-state index contributed by atoms with van der Waals surface area (Å²) in [5, 5.41) is 9.55. The molecule has 1 aliphatic carbocycles. The standard InChI is InChI=1S/C41H49N6O3.C2H6/c1-7-10-18-42-41(44-33-13-15-37(29(5)22-33)50-35-17-19-47(43-9-3)30(6)23-35)39-28(4)11-14-36-40(39)49-27-34-26-45(20-21-46(34)36)38(48)16-12-32-24-31(8-2)25-32;1-2/h9-19,22-23,31-32H,6-8,20-21,24-27H2,1-5H3,(H,42,44);1-2H3/q+1;/b16-12+,18-10+,43-9-;. The van der Waals surface area contributed by atoms with E-state index in [1.54, 1.807) is 17.3 Å². The van der Waals surface area contributed by atoms with E-state index in [-0.39, 0.29) is 5.91 Å². The van der Waals surface area contributed by atoms with E-state index in [4.69, 9.17) is 14.5 Å². The molecule has 0 unspecified atom stereocenters. The second kappa shape index (κ2) is 17.8. The number of hydrogen-bond acceptors (Lipinski definition) is 6. The Labute approximate surface area is 310 Å². The van der Waals surface area contributed by atoms with E-state index >= 15 is 0 Å². The lowest BCUT2D eigenvalue weighted by molar-refractivity contribution is -0.453. The van der Waals surface area contributed by atoms with E-state index in [1.165, 1.54) is 19.3 Å². The highest BCUT2D eigenvalue weighted by atomic mass is 16.5. The average Bonchev–Trinajstić information content (AvgIpc) is 3.13. The average molecular weight is 704 g/mol. The molecule has 0 radical (unpaired) electrons. The number of hydrogen-bond donors (Lipinski definition) is 1. The van der Waals surface area contributed by atoms with Crippen molar-refractivity contribution in [3.8, 4) is 11.5 Å². The molecule has 0 bridgehead atoms. The van der Waals surface area contributed by atoms with Crippen LogP contribution in [0.2, 0.25) is 0 Å².